The van der Waals surface area contributed by atoms with Crippen LogP contribution in [-0.2, 0) is 16.0 Å². The fraction of sp³-hybridized carbons (Fsp3) is 0.267. The molecule has 190 valence electrons. The maximum atomic E-state index is 14.0. The minimum absolute atomic E-state index is 0.159. The molecule has 0 radical (unpaired) electrons. The molecule has 1 aromatic heterocycles. The van der Waals surface area contributed by atoms with Crippen LogP contribution in [-0.4, -0.2) is 21.4 Å². The average molecular weight is 497 g/mol. The van der Waals surface area contributed by atoms with Crippen LogP contribution in [0, 0.1) is 13.8 Å². The van der Waals surface area contributed by atoms with E-state index in [4.69, 9.17) is 4.98 Å². The topological polar surface area (TPSA) is 93.1 Å². The maximum Gasteiger partial charge on any atom is 0.278 e. The van der Waals surface area contributed by atoms with E-state index in [1.54, 1.807) is 26.0 Å². The van der Waals surface area contributed by atoms with Gasteiger partial charge in [0, 0.05) is 17.7 Å². The number of hydrogen-bond acceptors (Lipinski definition) is 4. The third-order valence-corrected chi connectivity index (χ3v) is 6.77. The summed E-state index contributed by atoms with van der Waals surface area (Å²) in [5.41, 5.74) is 5.74. The number of aromatic nitrogens is 2. The fourth-order valence-corrected chi connectivity index (χ4v) is 4.31. The first kappa shape index (κ1) is 25.8. The first-order valence-electron chi connectivity index (χ1n) is 12.6. The molecule has 0 fully saturated rings. The van der Waals surface area contributed by atoms with E-state index in [1.165, 1.54) is 4.57 Å². The molecular formula is C30H32N4O3. The normalized spacial score (nSPS) is 11.8. The third kappa shape index (κ3) is 5.16. The van der Waals surface area contributed by atoms with E-state index in [9.17, 15) is 14.4 Å². The molecule has 3 aromatic carbocycles. The van der Waals surface area contributed by atoms with E-state index in [-0.39, 0.29) is 17.5 Å². The summed E-state index contributed by atoms with van der Waals surface area (Å²) in [6.07, 6.45) is 1.06. The summed E-state index contributed by atoms with van der Waals surface area (Å²) in [5, 5.41) is 5.88. The van der Waals surface area contributed by atoms with Crippen molar-refractivity contribution in [2.75, 3.05) is 10.6 Å². The smallest absolute Gasteiger partial charge is 0.278 e. The Morgan fingerprint density at radius 3 is 2.43 bits per heavy atom. The van der Waals surface area contributed by atoms with E-state index in [2.05, 4.69) is 10.6 Å². The number of para-hydroxylation sites is 2. The van der Waals surface area contributed by atoms with Gasteiger partial charge in [0.15, 0.2) is 0 Å². The molecule has 0 aliphatic heterocycles. The Hall–Kier alpha value is -4.26. The van der Waals surface area contributed by atoms with Gasteiger partial charge in [0.2, 0.25) is 11.8 Å². The number of benzene rings is 3. The van der Waals surface area contributed by atoms with Crippen molar-refractivity contribution < 1.29 is 9.59 Å². The first-order chi connectivity index (χ1) is 17.7. The van der Waals surface area contributed by atoms with Crippen LogP contribution < -0.4 is 16.2 Å². The van der Waals surface area contributed by atoms with Gasteiger partial charge >= 0.3 is 0 Å². The lowest BCUT2D eigenvalue weighted by atomic mass is 10.0. The molecule has 2 amide bonds. The van der Waals surface area contributed by atoms with Crippen molar-refractivity contribution in [3.05, 3.63) is 87.7 Å². The molecule has 1 heterocycles. The molecular weight excluding hydrogens is 464 g/mol. The Kier molecular flexibility index (Phi) is 7.53. The Morgan fingerprint density at radius 2 is 1.70 bits per heavy atom. The number of carbonyl (C=O) groups is 2. The molecule has 0 saturated heterocycles. The second-order valence-electron chi connectivity index (χ2n) is 9.17. The van der Waals surface area contributed by atoms with Gasteiger partial charge in [0.25, 0.3) is 5.56 Å². The Bertz CT molecular complexity index is 1550. The fourth-order valence-electron chi connectivity index (χ4n) is 4.31. The number of aryl methyl sites for hydroxylation is 2. The predicted molar refractivity (Wildman–Crippen MR) is 149 cm³/mol. The van der Waals surface area contributed by atoms with E-state index in [0.29, 0.717) is 34.4 Å². The van der Waals surface area contributed by atoms with Crippen LogP contribution in [0.1, 0.15) is 49.9 Å². The minimum atomic E-state index is -0.817. The zero-order valence-corrected chi connectivity index (χ0v) is 21.9. The first-order valence-corrected chi connectivity index (χ1v) is 12.6. The van der Waals surface area contributed by atoms with Gasteiger partial charge < -0.3 is 10.6 Å². The van der Waals surface area contributed by atoms with E-state index < -0.39 is 11.6 Å². The van der Waals surface area contributed by atoms with Crippen LogP contribution in [0.25, 0.3) is 22.3 Å². The summed E-state index contributed by atoms with van der Waals surface area (Å²) in [6.45, 7) is 9.44. The van der Waals surface area contributed by atoms with Crippen LogP contribution in [0.4, 0.5) is 11.4 Å². The predicted octanol–water partition coefficient (Wildman–Crippen LogP) is 5.79. The molecule has 0 aliphatic carbocycles. The Labute approximate surface area is 216 Å². The second-order valence-corrected chi connectivity index (χ2v) is 9.17. The highest BCUT2D eigenvalue weighted by atomic mass is 16.2. The summed E-state index contributed by atoms with van der Waals surface area (Å²) in [7, 11) is 0. The highest BCUT2D eigenvalue weighted by Crippen LogP contribution is 2.29. The number of carbonyl (C=O) groups excluding carboxylic acids is 2. The molecule has 0 unspecified atom stereocenters. The summed E-state index contributed by atoms with van der Waals surface area (Å²) in [6, 6.07) is 17.8. The SMILES string of the molecule is CCC(=O)Nc1ccc(CC)cc1-c1nc2ccccc2n([C@H](C)C(=O)Nc2cccc(C)c2C)c1=O. The van der Waals surface area contributed by atoms with Gasteiger partial charge in [0.05, 0.1) is 16.7 Å². The van der Waals surface area contributed by atoms with Crippen LogP contribution in [0.15, 0.2) is 65.5 Å². The van der Waals surface area contributed by atoms with Crippen molar-refractivity contribution in [2.45, 2.75) is 53.5 Å². The van der Waals surface area contributed by atoms with Crippen molar-refractivity contribution in [1.82, 2.24) is 9.55 Å². The van der Waals surface area contributed by atoms with E-state index in [1.807, 2.05) is 69.3 Å². The molecule has 0 spiro atoms. The van der Waals surface area contributed by atoms with Gasteiger partial charge in [-0.15, -0.1) is 0 Å². The van der Waals surface area contributed by atoms with E-state index in [0.717, 1.165) is 23.1 Å². The molecule has 2 N–H and O–H groups in total. The van der Waals surface area contributed by atoms with Gasteiger partial charge in [-0.05, 0) is 74.2 Å². The maximum absolute atomic E-state index is 14.0. The van der Waals surface area contributed by atoms with Gasteiger partial charge in [0.1, 0.15) is 11.7 Å². The molecule has 37 heavy (non-hydrogen) atoms. The minimum Gasteiger partial charge on any atom is -0.325 e. The lowest BCUT2D eigenvalue weighted by molar-refractivity contribution is -0.119. The highest BCUT2D eigenvalue weighted by molar-refractivity contribution is 5.97. The van der Waals surface area contributed by atoms with Gasteiger partial charge in [-0.3, -0.25) is 19.0 Å². The molecule has 0 saturated carbocycles. The standard InChI is InChI=1S/C30H32N4O3/c1-6-21-15-16-24(31-27(35)7-2)22(17-21)28-30(37)34(26-14-9-8-12-25(26)32-28)20(5)29(36)33-23-13-10-11-18(3)19(23)4/h8-17,20H,6-7H2,1-5H3,(H,31,35)(H,33,36)/t20-/m1/s1. The van der Waals surface area contributed by atoms with Crippen molar-refractivity contribution in [1.29, 1.82) is 0 Å². The largest absolute Gasteiger partial charge is 0.325 e. The van der Waals surface area contributed by atoms with Crippen LogP contribution in [0.3, 0.4) is 0 Å². The summed E-state index contributed by atoms with van der Waals surface area (Å²) < 4.78 is 1.49. The van der Waals surface area contributed by atoms with Crippen molar-refractivity contribution >= 4 is 34.2 Å². The number of hydrogen-bond donors (Lipinski definition) is 2. The lowest BCUT2D eigenvalue weighted by Crippen LogP contribution is -2.33. The monoisotopic (exact) mass is 496 g/mol. The zero-order valence-electron chi connectivity index (χ0n) is 21.9. The number of rotatable bonds is 7. The van der Waals surface area contributed by atoms with Crippen molar-refractivity contribution in [3.63, 3.8) is 0 Å². The Morgan fingerprint density at radius 1 is 0.946 bits per heavy atom. The summed E-state index contributed by atoms with van der Waals surface area (Å²) in [5.74, 6) is -0.465. The molecule has 0 bridgehead atoms. The van der Waals surface area contributed by atoms with E-state index >= 15 is 0 Å². The molecule has 7 heteroatoms. The zero-order chi connectivity index (χ0) is 26.7. The Balaban J connectivity index is 1.88. The van der Waals surface area contributed by atoms with Crippen LogP contribution in [0.2, 0.25) is 0 Å². The van der Waals surface area contributed by atoms with Crippen LogP contribution >= 0.6 is 0 Å². The van der Waals surface area contributed by atoms with Gasteiger partial charge in [-0.1, -0.05) is 44.2 Å². The molecule has 7 nitrogen and oxygen atoms in total. The third-order valence-electron chi connectivity index (χ3n) is 6.77. The lowest BCUT2D eigenvalue weighted by Gasteiger charge is -2.20. The molecule has 4 rings (SSSR count). The van der Waals surface area contributed by atoms with Crippen molar-refractivity contribution in [2.24, 2.45) is 0 Å². The number of nitrogens with one attached hydrogen (secondary N) is 2. The number of amides is 2. The van der Waals surface area contributed by atoms with Crippen molar-refractivity contribution in [3.8, 4) is 11.3 Å². The average Bonchev–Trinajstić information content (AvgIpc) is 2.90. The second kappa shape index (κ2) is 10.8. The number of fused-ring (bicyclic) bond motifs is 1. The quantitative estimate of drug-likeness (QED) is 0.339. The summed E-state index contributed by atoms with van der Waals surface area (Å²) >= 11 is 0. The van der Waals surface area contributed by atoms with Gasteiger partial charge in [-0.25, -0.2) is 4.98 Å². The molecule has 4 aromatic rings. The molecule has 0 aliphatic rings. The van der Waals surface area contributed by atoms with Crippen LogP contribution in [0.5, 0.6) is 0 Å². The molecule has 1 atom stereocenters. The van der Waals surface area contributed by atoms with Gasteiger partial charge in [-0.2, -0.15) is 0 Å². The summed E-state index contributed by atoms with van der Waals surface area (Å²) in [4.78, 5) is 44.4. The number of anilines is 2. The highest BCUT2D eigenvalue weighted by Gasteiger charge is 2.24. The number of nitrogens with zero attached hydrogens (tertiary/aromatic N) is 2.